The Morgan fingerprint density at radius 1 is 1.27 bits per heavy atom. The number of nitrogens with zero attached hydrogens (tertiary/aromatic N) is 3. The van der Waals surface area contributed by atoms with Crippen molar-refractivity contribution in [2.45, 2.75) is 34.2 Å². The molecule has 9 heteroatoms. The van der Waals surface area contributed by atoms with E-state index in [1.807, 2.05) is 6.92 Å². The van der Waals surface area contributed by atoms with Crippen molar-refractivity contribution >= 4 is 52.3 Å². The summed E-state index contributed by atoms with van der Waals surface area (Å²) >= 11 is 13.4. The number of amides is 1. The van der Waals surface area contributed by atoms with Crippen molar-refractivity contribution in [2.24, 2.45) is 0 Å². The van der Waals surface area contributed by atoms with E-state index in [-0.39, 0.29) is 25.3 Å². The maximum atomic E-state index is 11.1. The number of halogens is 2. The number of hydrogen-bond donors (Lipinski definition) is 2. The minimum absolute atomic E-state index is 0. The molecule has 0 saturated heterocycles. The van der Waals surface area contributed by atoms with Gasteiger partial charge >= 0.3 is 0 Å². The summed E-state index contributed by atoms with van der Waals surface area (Å²) in [4.78, 5) is 23.4. The lowest BCUT2D eigenvalue weighted by Crippen LogP contribution is -2.14. The van der Waals surface area contributed by atoms with Crippen LogP contribution in [-0.2, 0) is 4.79 Å². The van der Waals surface area contributed by atoms with E-state index in [4.69, 9.17) is 23.2 Å². The van der Waals surface area contributed by atoms with Gasteiger partial charge in [-0.2, -0.15) is 15.0 Å². The molecule has 0 aliphatic rings. The summed E-state index contributed by atoms with van der Waals surface area (Å²) in [5.41, 5.74) is 0.866. The topological polar surface area (TPSA) is 79.8 Å². The smallest absolute Gasteiger partial charge is 0.234 e. The van der Waals surface area contributed by atoms with Gasteiger partial charge in [0.2, 0.25) is 17.8 Å². The Morgan fingerprint density at radius 2 is 1.91 bits per heavy atom. The monoisotopic (exact) mass is 361 g/mol. The van der Waals surface area contributed by atoms with Gasteiger partial charge in [-0.1, -0.05) is 30.6 Å². The van der Waals surface area contributed by atoms with E-state index in [2.05, 4.69) is 25.6 Å². The van der Waals surface area contributed by atoms with E-state index in [9.17, 15) is 4.79 Å². The van der Waals surface area contributed by atoms with Gasteiger partial charge in [0.25, 0.3) is 0 Å². The Labute approximate surface area is 143 Å². The number of carbonyl (C=O) groups excluding carboxylic acids is 1. The Morgan fingerprint density at radius 3 is 2.45 bits per heavy atom. The minimum Gasteiger partial charge on any atom is -0.347 e. The highest BCUT2D eigenvalue weighted by Crippen LogP contribution is 2.35. The summed E-state index contributed by atoms with van der Waals surface area (Å²) in [6, 6.07) is 1.67. The summed E-state index contributed by atoms with van der Waals surface area (Å²) in [6.45, 7) is 5.03. The van der Waals surface area contributed by atoms with Gasteiger partial charge in [-0.05, 0) is 19.9 Å². The van der Waals surface area contributed by atoms with Crippen molar-refractivity contribution in [1.29, 1.82) is 0 Å². The second-order valence-electron chi connectivity index (χ2n) is 4.36. The molecule has 0 aliphatic heterocycles. The van der Waals surface area contributed by atoms with Gasteiger partial charge < -0.3 is 5.32 Å². The fraction of sp³-hybridized carbons (Fsp3) is 0.385. The second-order valence-corrected chi connectivity index (χ2v) is 6.64. The Kier molecular flexibility index (Phi) is 6.52. The number of aryl methyl sites for hydroxylation is 1. The molecule has 0 fully saturated rings. The third-order valence-electron chi connectivity index (χ3n) is 2.53. The van der Waals surface area contributed by atoms with Crippen LogP contribution in [0.1, 0.15) is 38.7 Å². The zero-order valence-corrected chi connectivity index (χ0v) is 13.9. The summed E-state index contributed by atoms with van der Waals surface area (Å²) in [5.74, 6) is 0.821. The molecule has 1 atom stereocenters. The molecule has 2 heterocycles. The highest BCUT2D eigenvalue weighted by Gasteiger charge is 2.15. The average Bonchev–Trinajstić information content (AvgIpc) is 2.66. The van der Waals surface area contributed by atoms with E-state index in [1.54, 1.807) is 13.0 Å². The Hall–Kier alpha value is -1.44. The number of rotatable bonds is 4. The van der Waals surface area contributed by atoms with Crippen LogP contribution in [0.15, 0.2) is 6.07 Å². The standard InChI is InChI=1S/C12H13Cl2N5OS.CH4/c1-5(8-4-9(13)21-10(8)14)15-11-16-6(2)17-12(19-11)18-7(3)20;/h4-5H,1-3H3,(H2,15,16,17,18,19,20);1H4. The molecule has 6 nitrogen and oxygen atoms in total. The van der Waals surface area contributed by atoms with Crippen molar-refractivity contribution in [1.82, 2.24) is 15.0 Å². The molecule has 2 rings (SSSR count). The van der Waals surface area contributed by atoms with Crippen molar-refractivity contribution in [3.63, 3.8) is 0 Å². The predicted octanol–water partition coefficient (Wildman–Crippen LogP) is 4.32. The molecule has 0 saturated carbocycles. The molecule has 0 spiro atoms. The maximum absolute atomic E-state index is 11.1. The first kappa shape index (κ1) is 18.6. The van der Waals surface area contributed by atoms with Gasteiger partial charge in [0.15, 0.2) is 0 Å². The van der Waals surface area contributed by atoms with Crippen LogP contribution in [0.5, 0.6) is 0 Å². The zero-order chi connectivity index (χ0) is 15.6. The van der Waals surface area contributed by atoms with E-state index in [0.717, 1.165) is 5.56 Å². The van der Waals surface area contributed by atoms with Crippen LogP contribution < -0.4 is 10.6 Å². The summed E-state index contributed by atoms with van der Waals surface area (Å²) in [5, 5.41) is 5.65. The van der Waals surface area contributed by atoms with Gasteiger partial charge in [-0.25, -0.2) is 0 Å². The maximum Gasteiger partial charge on any atom is 0.234 e. The van der Waals surface area contributed by atoms with Gasteiger partial charge in [0, 0.05) is 12.5 Å². The predicted molar refractivity (Wildman–Crippen MR) is 92.0 cm³/mol. The first-order valence-corrected chi connectivity index (χ1v) is 7.64. The first-order valence-electron chi connectivity index (χ1n) is 6.06. The molecule has 0 aliphatic carbocycles. The largest absolute Gasteiger partial charge is 0.347 e. The summed E-state index contributed by atoms with van der Waals surface area (Å²) < 4.78 is 1.24. The molecule has 120 valence electrons. The van der Waals surface area contributed by atoms with Crippen molar-refractivity contribution in [2.75, 3.05) is 10.6 Å². The summed E-state index contributed by atoms with van der Waals surface area (Å²) in [7, 11) is 0. The molecule has 1 amide bonds. The van der Waals surface area contributed by atoms with Gasteiger partial charge in [-0.15, -0.1) is 11.3 Å². The van der Waals surface area contributed by atoms with Gasteiger partial charge in [0.1, 0.15) is 5.82 Å². The lowest BCUT2D eigenvalue weighted by atomic mass is 10.2. The van der Waals surface area contributed by atoms with Crippen molar-refractivity contribution in [3.05, 3.63) is 26.1 Å². The molecule has 0 aromatic carbocycles. The Balaban J connectivity index is 0.00000242. The molecular weight excluding hydrogens is 345 g/mol. The van der Waals surface area contributed by atoms with Crippen LogP contribution in [0.25, 0.3) is 0 Å². The molecule has 2 aromatic rings. The highest BCUT2D eigenvalue weighted by atomic mass is 35.5. The number of aromatic nitrogens is 3. The van der Waals surface area contributed by atoms with E-state index in [0.29, 0.717) is 20.4 Å². The lowest BCUT2D eigenvalue weighted by molar-refractivity contribution is -0.114. The molecule has 2 aromatic heterocycles. The van der Waals surface area contributed by atoms with Gasteiger partial charge in [-0.3, -0.25) is 10.1 Å². The number of nitrogens with one attached hydrogen (secondary N) is 2. The molecule has 1 unspecified atom stereocenters. The summed E-state index contributed by atoms with van der Waals surface area (Å²) in [6.07, 6.45) is 0. The van der Waals surface area contributed by atoms with Crippen LogP contribution in [0.3, 0.4) is 0 Å². The lowest BCUT2D eigenvalue weighted by Gasteiger charge is -2.14. The molecule has 2 N–H and O–H groups in total. The van der Waals surface area contributed by atoms with E-state index < -0.39 is 0 Å². The molecule has 22 heavy (non-hydrogen) atoms. The average molecular weight is 362 g/mol. The first-order chi connectivity index (χ1) is 9.85. The van der Waals surface area contributed by atoms with Crippen LogP contribution in [0, 0.1) is 6.92 Å². The van der Waals surface area contributed by atoms with Crippen LogP contribution in [-0.4, -0.2) is 20.9 Å². The SMILES string of the molecule is C.CC(=O)Nc1nc(C)nc(NC(C)c2cc(Cl)sc2Cl)n1. The van der Waals surface area contributed by atoms with E-state index >= 15 is 0 Å². The van der Waals surface area contributed by atoms with Crippen molar-refractivity contribution < 1.29 is 4.79 Å². The molecule has 0 bridgehead atoms. The van der Waals surface area contributed by atoms with Crippen LogP contribution in [0.4, 0.5) is 11.9 Å². The molecule has 0 radical (unpaired) electrons. The number of anilines is 2. The van der Waals surface area contributed by atoms with E-state index in [1.165, 1.54) is 18.3 Å². The quantitative estimate of drug-likeness (QED) is 0.847. The van der Waals surface area contributed by atoms with Gasteiger partial charge in [0.05, 0.1) is 14.7 Å². The normalized spacial score (nSPS) is 11.5. The number of hydrogen-bond acceptors (Lipinski definition) is 6. The fourth-order valence-electron chi connectivity index (χ4n) is 1.68. The Bertz CT molecular complexity index is 676. The third-order valence-corrected chi connectivity index (χ3v) is 4.05. The number of carbonyl (C=O) groups is 1. The number of thiophene rings is 1. The minimum atomic E-state index is -0.243. The zero-order valence-electron chi connectivity index (χ0n) is 11.6. The third kappa shape index (κ3) is 4.79. The van der Waals surface area contributed by atoms with Crippen molar-refractivity contribution in [3.8, 4) is 0 Å². The fourth-order valence-corrected chi connectivity index (χ4v) is 3.33. The van der Waals surface area contributed by atoms with Crippen LogP contribution in [0.2, 0.25) is 8.67 Å². The van der Waals surface area contributed by atoms with Crippen LogP contribution >= 0.6 is 34.5 Å². The highest BCUT2D eigenvalue weighted by molar-refractivity contribution is 7.20. The second kappa shape index (κ2) is 7.71. The molecular formula is C13H17Cl2N5OS.